The largest absolute Gasteiger partial charge is 0.310 e. The minimum Gasteiger partial charge on any atom is -0.310 e. The Morgan fingerprint density at radius 3 is 1.81 bits per heavy atom. The molecule has 0 aliphatic heterocycles. The fourth-order valence-electron chi connectivity index (χ4n) is 10.6. The van der Waals surface area contributed by atoms with Gasteiger partial charge >= 0.3 is 0 Å². The Hall–Kier alpha value is -7.00. The average molecular weight is 812 g/mol. The lowest BCUT2D eigenvalue weighted by Crippen LogP contribution is -2.16. The first-order chi connectivity index (χ1) is 30.2. The van der Waals surface area contributed by atoms with Crippen LogP contribution in [0.3, 0.4) is 0 Å². The molecule has 0 amide bonds. The molecule has 0 saturated heterocycles. The van der Waals surface area contributed by atoms with Gasteiger partial charge in [0.05, 0.1) is 5.69 Å². The molecule has 0 atom stereocenters. The lowest BCUT2D eigenvalue weighted by Gasteiger charge is -2.29. The van der Waals surface area contributed by atoms with Crippen LogP contribution in [0.25, 0.3) is 75.8 Å². The third-order valence-corrected chi connectivity index (χ3v) is 15.0. The summed E-state index contributed by atoms with van der Waals surface area (Å²) >= 11 is 1.87. The van der Waals surface area contributed by atoms with Crippen LogP contribution in [0.2, 0.25) is 0 Å². The van der Waals surface area contributed by atoms with Gasteiger partial charge in [-0.25, -0.2) is 0 Å². The van der Waals surface area contributed by atoms with E-state index in [1.807, 2.05) is 11.3 Å². The number of fused-ring (bicyclic) bond motifs is 9. The minimum atomic E-state index is -0.111. The molecule has 1 aromatic heterocycles. The van der Waals surface area contributed by atoms with Gasteiger partial charge in [0, 0.05) is 47.9 Å². The SMILES string of the molecule is CC1(C)c2ccc(-c3cccc(N(c4ccc(-c5ccc6sc7ccccc7c6c5)cc4)c4cccc5c4-c4ccccc4C5(C)C)c3)cc2-c2ccc(-c3ccccc3)cc21. The van der Waals surface area contributed by atoms with Crippen LogP contribution in [-0.2, 0) is 10.8 Å². The van der Waals surface area contributed by atoms with E-state index in [2.05, 4.69) is 233 Å². The number of anilines is 3. The van der Waals surface area contributed by atoms with Gasteiger partial charge in [-0.3, -0.25) is 0 Å². The van der Waals surface area contributed by atoms with Gasteiger partial charge in [0.1, 0.15) is 0 Å². The number of hydrogen-bond donors (Lipinski definition) is 0. The number of benzene rings is 9. The Morgan fingerprint density at radius 1 is 0.339 bits per heavy atom. The van der Waals surface area contributed by atoms with Gasteiger partial charge in [0.25, 0.3) is 0 Å². The van der Waals surface area contributed by atoms with Crippen LogP contribution in [0, 0.1) is 0 Å². The van der Waals surface area contributed by atoms with Crippen LogP contribution in [0.15, 0.2) is 200 Å². The smallest absolute Gasteiger partial charge is 0.0543 e. The van der Waals surface area contributed by atoms with Crippen LogP contribution in [0.1, 0.15) is 49.9 Å². The molecular weight excluding hydrogens is 767 g/mol. The van der Waals surface area contributed by atoms with Gasteiger partial charge in [-0.15, -0.1) is 11.3 Å². The van der Waals surface area contributed by atoms with Crippen LogP contribution in [0.5, 0.6) is 0 Å². The molecule has 12 rings (SSSR count). The highest BCUT2D eigenvalue weighted by Gasteiger charge is 2.38. The summed E-state index contributed by atoms with van der Waals surface area (Å²) in [5, 5.41) is 2.65. The molecular formula is C60H45NS. The summed E-state index contributed by atoms with van der Waals surface area (Å²) in [4.78, 5) is 2.48. The number of thiophene rings is 1. The fraction of sp³-hybridized carbons (Fsp3) is 0.100. The second-order valence-electron chi connectivity index (χ2n) is 18.1. The zero-order chi connectivity index (χ0) is 41.7. The summed E-state index contributed by atoms with van der Waals surface area (Å²) < 4.78 is 2.66. The first-order valence-electron chi connectivity index (χ1n) is 21.7. The van der Waals surface area contributed by atoms with Crippen molar-refractivity contribution in [3.8, 4) is 55.6 Å². The molecule has 0 unspecified atom stereocenters. The monoisotopic (exact) mass is 811 g/mol. The van der Waals surface area contributed by atoms with Gasteiger partial charge in [0.2, 0.25) is 0 Å². The summed E-state index contributed by atoms with van der Waals surface area (Å²) in [6.45, 7) is 9.47. The van der Waals surface area contributed by atoms with Crippen LogP contribution < -0.4 is 4.90 Å². The summed E-state index contributed by atoms with van der Waals surface area (Å²) in [5.74, 6) is 0. The van der Waals surface area contributed by atoms with Crippen molar-refractivity contribution in [2.45, 2.75) is 38.5 Å². The summed E-state index contributed by atoms with van der Waals surface area (Å²) in [7, 11) is 0. The Bertz CT molecular complexity index is 3400. The van der Waals surface area contributed by atoms with E-state index < -0.39 is 0 Å². The molecule has 1 heterocycles. The zero-order valence-corrected chi connectivity index (χ0v) is 36.2. The van der Waals surface area contributed by atoms with Crippen molar-refractivity contribution in [3.63, 3.8) is 0 Å². The number of hydrogen-bond acceptors (Lipinski definition) is 2. The third-order valence-electron chi connectivity index (χ3n) is 13.9. The molecule has 0 spiro atoms. The lowest BCUT2D eigenvalue weighted by atomic mass is 9.81. The predicted octanol–water partition coefficient (Wildman–Crippen LogP) is 17.1. The van der Waals surface area contributed by atoms with Gasteiger partial charge < -0.3 is 4.90 Å². The second kappa shape index (κ2) is 13.8. The average Bonchev–Trinajstić information content (AvgIpc) is 3.89. The van der Waals surface area contributed by atoms with E-state index in [0.29, 0.717) is 0 Å². The van der Waals surface area contributed by atoms with Crippen molar-refractivity contribution in [2.24, 2.45) is 0 Å². The summed E-state index contributed by atoms with van der Waals surface area (Å²) in [5.41, 5.74) is 21.4. The molecule has 62 heavy (non-hydrogen) atoms. The summed E-state index contributed by atoms with van der Waals surface area (Å²) in [6, 6.07) is 74.8. The molecule has 9 aromatic carbocycles. The molecule has 2 aliphatic carbocycles. The normalized spacial score (nSPS) is 14.1. The predicted molar refractivity (Wildman–Crippen MR) is 265 cm³/mol. The molecule has 0 fully saturated rings. The Morgan fingerprint density at radius 2 is 0.935 bits per heavy atom. The van der Waals surface area contributed by atoms with E-state index >= 15 is 0 Å². The van der Waals surface area contributed by atoms with Crippen LogP contribution in [0.4, 0.5) is 17.1 Å². The summed E-state index contributed by atoms with van der Waals surface area (Å²) in [6.07, 6.45) is 0. The Labute approximate surface area is 368 Å². The number of nitrogens with zero attached hydrogens (tertiary/aromatic N) is 1. The topological polar surface area (TPSA) is 3.24 Å². The lowest BCUT2D eigenvalue weighted by molar-refractivity contribution is 0.660. The standard InChI is InChI=1S/C60H45NS/c1-59(2)51-20-10-8-19-48(51)58-53(59)21-13-22-55(58)61(44-29-24-39(25-30-44)41-28-33-57-50(36-41)47-18-9-11-23-56(47)62-57)45-17-12-16-40(34-45)42-27-32-52-49(35-42)46-31-26-43(37-54(46)60(52,3)4)38-14-6-5-7-15-38/h5-37H,1-4H3. The third kappa shape index (κ3) is 5.60. The van der Waals surface area contributed by atoms with Gasteiger partial charge in [-0.2, -0.15) is 0 Å². The van der Waals surface area contributed by atoms with Crippen molar-refractivity contribution >= 4 is 48.6 Å². The maximum Gasteiger partial charge on any atom is 0.0543 e. The van der Waals surface area contributed by atoms with E-state index in [4.69, 9.17) is 0 Å². The van der Waals surface area contributed by atoms with E-state index in [-0.39, 0.29) is 10.8 Å². The van der Waals surface area contributed by atoms with E-state index in [9.17, 15) is 0 Å². The molecule has 0 bridgehead atoms. The van der Waals surface area contributed by atoms with Crippen molar-refractivity contribution < 1.29 is 0 Å². The molecule has 2 heteroatoms. The molecule has 296 valence electrons. The second-order valence-corrected chi connectivity index (χ2v) is 19.2. The van der Waals surface area contributed by atoms with Crippen molar-refractivity contribution in [3.05, 3.63) is 222 Å². The van der Waals surface area contributed by atoms with E-state index in [0.717, 1.165) is 11.4 Å². The van der Waals surface area contributed by atoms with E-state index in [1.54, 1.807) is 0 Å². The quantitative estimate of drug-likeness (QED) is 0.162. The molecule has 1 nitrogen and oxygen atoms in total. The number of rotatable bonds is 6. The first kappa shape index (κ1) is 36.8. The highest BCUT2D eigenvalue weighted by atomic mass is 32.1. The minimum absolute atomic E-state index is 0.0974. The highest BCUT2D eigenvalue weighted by Crippen LogP contribution is 2.55. The van der Waals surface area contributed by atoms with Gasteiger partial charge in [-0.1, -0.05) is 167 Å². The van der Waals surface area contributed by atoms with Gasteiger partial charge in [0.15, 0.2) is 0 Å². The van der Waals surface area contributed by atoms with Crippen molar-refractivity contribution in [1.29, 1.82) is 0 Å². The van der Waals surface area contributed by atoms with Crippen LogP contribution >= 0.6 is 11.3 Å². The Balaban J connectivity index is 0.983. The molecule has 0 radical (unpaired) electrons. The molecule has 0 saturated carbocycles. The van der Waals surface area contributed by atoms with Crippen LogP contribution in [-0.4, -0.2) is 0 Å². The maximum atomic E-state index is 2.48. The van der Waals surface area contributed by atoms with E-state index in [1.165, 1.54) is 104 Å². The van der Waals surface area contributed by atoms with Crippen molar-refractivity contribution in [2.75, 3.05) is 4.90 Å². The molecule has 10 aromatic rings. The first-order valence-corrected chi connectivity index (χ1v) is 22.6. The highest BCUT2D eigenvalue weighted by molar-refractivity contribution is 7.25. The zero-order valence-electron chi connectivity index (χ0n) is 35.4. The molecule has 2 aliphatic rings. The fourth-order valence-corrected chi connectivity index (χ4v) is 11.7. The maximum absolute atomic E-state index is 2.48. The molecule has 0 N–H and O–H groups in total. The van der Waals surface area contributed by atoms with Gasteiger partial charge in [-0.05, 0) is 133 Å². The van der Waals surface area contributed by atoms with Crippen molar-refractivity contribution in [1.82, 2.24) is 0 Å². The Kier molecular flexibility index (Phi) is 8.17.